The molecule has 1 aliphatic rings. The maximum absolute atomic E-state index is 12.2. The fourth-order valence-corrected chi connectivity index (χ4v) is 2.63. The number of nitrogens with zero attached hydrogens (tertiary/aromatic N) is 2. The van der Waals surface area contributed by atoms with Gasteiger partial charge in [0.1, 0.15) is 5.60 Å². The number of carbonyl (C=O) groups is 1. The number of carbonyl (C=O) groups excluding carboxylic acids is 1. The molecule has 1 fully saturated rings. The van der Waals surface area contributed by atoms with E-state index in [4.69, 9.17) is 10.5 Å². The van der Waals surface area contributed by atoms with Crippen LogP contribution in [0.2, 0.25) is 0 Å². The van der Waals surface area contributed by atoms with E-state index in [0.717, 1.165) is 37.4 Å². The molecule has 0 atom stereocenters. The van der Waals surface area contributed by atoms with Crippen molar-refractivity contribution in [1.29, 1.82) is 0 Å². The van der Waals surface area contributed by atoms with E-state index in [9.17, 15) is 4.79 Å². The molecule has 1 saturated heterocycles. The lowest BCUT2D eigenvalue weighted by atomic mass is 10.1. The molecule has 0 bridgehead atoms. The molecule has 1 aliphatic heterocycles. The minimum absolute atomic E-state index is 0.223. The van der Waals surface area contributed by atoms with Crippen LogP contribution in [-0.2, 0) is 4.74 Å². The standard InChI is InChI=1S/C17H27N3O2/c1-13-6-7-14(18)12-15(13)19-8-5-9-20(11-10-19)16(21)22-17(2,3)4/h6-7,12H,5,8-11,18H2,1-4H3. The summed E-state index contributed by atoms with van der Waals surface area (Å²) in [5.74, 6) is 0. The third-order valence-corrected chi connectivity index (χ3v) is 3.72. The van der Waals surface area contributed by atoms with Crippen molar-refractivity contribution in [3.63, 3.8) is 0 Å². The van der Waals surface area contributed by atoms with E-state index in [0.29, 0.717) is 6.54 Å². The second-order valence-electron chi connectivity index (χ2n) is 6.85. The number of nitrogen functional groups attached to an aromatic ring is 1. The Bertz CT molecular complexity index is 537. The maximum atomic E-state index is 12.2. The van der Waals surface area contributed by atoms with Crippen molar-refractivity contribution in [3.05, 3.63) is 23.8 Å². The average molecular weight is 305 g/mol. The van der Waals surface area contributed by atoms with Gasteiger partial charge in [-0.15, -0.1) is 0 Å². The molecule has 0 spiro atoms. The van der Waals surface area contributed by atoms with Gasteiger partial charge >= 0.3 is 6.09 Å². The Labute approximate surface area is 133 Å². The second-order valence-corrected chi connectivity index (χ2v) is 6.85. The first-order valence-electron chi connectivity index (χ1n) is 7.85. The van der Waals surface area contributed by atoms with E-state index in [1.54, 1.807) is 4.90 Å². The zero-order chi connectivity index (χ0) is 16.3. The van der Waals surface area contributed by atoms with Crippen LogP contribution >= 0.6 is 0 Å². The molecule has 122 valence electrons. The summed E-state index contributed by atoms with van der Waals surface area (Å²) in [4.78, 5) is 16.3. The van der Waals surface area contributed by atoms with E-state index in [2.05, 4.69) is 11.8 Å². The van der Waals surface area contributed by atoms with Crippen LogP contribution < -0.4 is 10.6 Å². The molecule has 5 heteroatoms. The summed E-state index contributed by atoms with van der Waals surface area (Å²) in [7, 11) is 0. The largest absolute Gasteiger partial charge is 0.444 e. The van der Waals surface area contributed by atoms with Gasteiger partial charge in [0.05, 0.1) is 0 Å². The van der Waals surface area contributed by atoms with Crippen LogP contribution in [0.15, 0.2) is 18.2 Å². The molecule has 1 aromatic rings. The monoisotopic (exact) mass is 305 g/mol. The van der Waals surface area contributed by atoms with Crippen molar-refractivity contribution in [2.45, 2.75) is 39.7 Å². The number of hydrogen-bond acceptors (Lipinski definition) is 4. The highest BCUT2D eigenvalue weighted by Gasteiger charge is 2.24. The molecule has 0 aliphatic carbocycles. The SMILES string of the molecule is Cc1ccc(N)cc1N1CCCN(C(=O)OC(C)(C)C)CC1. The summed E-state index contributed by atoms with van der Waals surface area (Å²) in [6, 6.07) is 5.98. The third kappa shape index (κ3) is 4.29. The summed E-state index contributed by atoms with van der Waals surface area (Å²) in [6.45, 7) is 10.9. The summed E-state index contributed by atoms with van der Waals surface area (Å²) >= 11 is 0. The lowest BCUT2D eigenvalue weighted by molar-refractivity contribution is 0.0263. The van der Waals surface area contributed by atoms with Gasteiger partial charge in [0.15, 0.2) is 0 Å². The number of nitrogens with two attached hydrogens (primary N) is 1. The Balaban J connectivity index is 2.03. The van der Waals surface area contributed by atoms with Crippen LogP contribution in [0.1, 0.15) is 32.8 Å². The molecular formula is C17H27N3O2. The minimum Gasteiger partial charge on any atom is -0.444 e. The number of aryl methyl sites for hydroxylation is 1. The maximum Gasteiger partial charge on any atom is 0.410 e. The van der Waals surface area contributed by atoms with Crippen molar-refractivity contribution >= 4 is 17.5 Å². The predicted molar refractivity (Wildman–Crippen MR) is 90.2 cm³/mol. The highest BCUT2D eigenvalue weighted by molar-refractivity contribution is 5.68. The molecule has 1 aromatic carbocycles. The molecular weight excluding hydrogens is 278 g/mol. The first-order valence-corrected chi connectivity index (χ1v) is 7.85. The van der Waals surface area contributed by atoms with Crippen LogP contribution in [0.3, 0.4) is 0 Å². The van der Waals surface area contributed by atoms with Crippen LogP contribution in [0.4, 0.5) is 16.2 Å². The first-order chi connectivity index (χ1) is 10.3. The zero-order valence-electron chi connectivity index (χ0n) is 14.1. The smallest absolute Gasteiger partial charge is 0.410 e. The molecule has 0 saturated carbocycles. The van der Waals surface area contributed by atoms with Crippen LogP contribution in [-0.4, -0.2) is 42.8 Å². The van der Waals surface area contributed by atoms with Crippen molar-refractivity contribution < 1.29 is 9.53 Å². The minimum atomic E-state index is -0.451. The number of hydrogen-bond donors (Lipinski definition) is 1. The van der Waals surface area contributed by atoms with Gasteiger partial charge in [-0.05, 0) is 51.8 Å². The number of amides is 1. The van der Waals surface area contributed by atoms with Gasteiger partial charge in [-0.3, -0.25) is 0 Å². The van der Waals surface area contributed by atoms with Gasteiger partial charge < -0.3 is 20.3 Å². The predicted octanol–water partition coefficient (Wildman–Crippen LogP) is 3.02. The Kier molecular flexibility index (Phi) is 4.84. The van der Waals surface area contributed by atoms with Crippen molar-refractivity contribution in [2.24, 2.45) is 0 Å². The van der Waals surface area contributed by atoms with E-state index in [-0.39, 0.29) is 6.09 Å². The lowest BCUT2D eigenvalue weighted by Gasteiger charge is -2.27. The van der Waals surface area contributed by atoms with E-state index in [1.807, 2.05) is 39.0 Å². The molecule has 0 radical (unpaired) electrons. The molecule has 2 rings (SSSR count). The Morgan fingerprint density at radius 1 is 1.18 bits per heavy atom. The molecule has 1 amide bonds. The van der Waals surface area contributed by atoms with E-state index < -0.39 is 5.60 Å². The number of anilines is 2. The second kappa shape index (κ2) is 6.46. The first kappa shape index (κ1) is 16.5. The fraction of sp³-hybridized carbons (Fsp3) is 0.588. The molecule has 5 nitrogen and oxygen atoms in total. The molecule has 0 aromatic heterocycles. The van der Waals surface area contributed by atoms with Crippen molar-refractivity contribution in [1.82, 2.24) is 4.90 Å². The van der Waals surface area contributed by atoms with Gasteiger partial charge in [0.2, 0.25) is 0 Å². The van der Waals surface area contributed by atoms with Gasteiger partial charge in [0.25, 0.3) is 0 Å². The van der Waals surface area contributed by atoms with Crippen LogP contribution in [0.5, 0.6) is 0 Å². The van der Waals surface area contributed by atoms with Crippen molar-refractivity contribution in [3.8, 4) is 0 Å². The quantitative estimate of drug-likeness (QED) is 0.810. The van der Waals surface area contributed by atoms with Crippen molar-refractivity contribution in [2.75, 3.05) is 36.8 Å². The van der Waals surface area contributed by atoms with E-state index >= 15 is 0 Å². The average Bonchev–Trinajstić information content (AvgIpc) is 2.65. The number of ether oxygens (including phenoxy) is 1. The van der Waals surface area contributed by atoms with E-state index in [1.165, 1.54) is 5.56 Å². The Morgan fingerprint density at radius 2 is 1.91 bits per heavy atom. The zero-order valence-corrected chi connectivity index (χ0v) is 14.1. The summed E-state index contributed by atoms with van der Waals surface area (Å²) < 4.78 is 5.47. The lowest BCUT2D eigenvalue weighted by Crippen LogP contribution is -2.39. The topological polar surface area (TPSA) is 58.8 Å². The van der Waals surface area contributed by atoms with Gasteiger partial charge in [-0.25, -0.2) is 4.79 Å². The number of rotatable bonds is 1. The fourth-order valence-electron chi connectivity index (χ4n) is 2.63. The number of benzene rings is 1. The molecule has 2 N–H and O–H groups in total. The summed E-state index contributed by atoms with van der Waals surface area (Å²) in [6.07, 6.45) is 0.701. The molecule has 22 heavy (non-hydrogen) atoms. The Morgan fingerprint density at radius 3 is 2.59 bits per heavy atom. The highest BCUT2D eigenvalue weighted by atomic mass is 16.6. The summed E-state index contributed by atoms with van der Waals surface area (Å²) in [5, 5.41) is 0. The Hall–Kier alpha value is -1.91. The summed E-state index contributed by atoms with van der Waals surface area (Å²) in [5.41, 5.74) is 8.59. The van der Waals surface area contributed by atoms with Crippen LogP contribution in [0.25, 0.3) is 0 Å². The van der Waals surface area contributed by atoms with Gasteiger partial charge in [-0.1, -0.05) is 6.07 Å². The van der Waals surface area contributed by atoms with Gasteiger partial charge in [0, 0.05) is 37.6 Å². The van der Waals surface area contributed by atoms with Crippen LogP contribution in [0, 0.1) is 6.92 Å². The molecule has 1 heterocycles. The normalized spacial score (nSPS) is 16.4. The highest BCUT2D eigenvalue weighted by Crippen LogP contribution is 2.24. The third-order valence-electron chi connectivity index (χ3n) is 3.72. The molecule has 0 unspecified atom stereocenters. The van der Waals surface area contributed by atoms with Gasteiger partial charge in [-0.2, -0.15) is 0 Å².